The number of hydrogen-bond donors (Lipinski definition) is 0. The predicted molar refractivity (Wildman–Crippen MR) is 229 cm³/mol. The molecule has 5 heteroatoms. The molecule has 3 aromatic heterocycles. The van der Waals surface area contributed by atoms with Crippen LogP contribution in [-0.2, 0) is 0 Å². The van der Waals surface area contributed by atoms with Crippen LogP contribution in [0, 0.1) is 0 Å². The van der Waals surface area contributed by atoms with Crippen LogP contribution in [0.25, 0.3) is 106 Å². The maximum Gasteiger partial charge on any atom is 0.164 e. The molecule has 0 aliphatic rings. The molecule has 0 unspecified atom stereocenters. The largest absolute Gasteiger partial charge is 0.455 e. The first-order valence-corrected chi connectivity index (χ1v) is 18.3. The van der Waals surface area contributed by atoms with Gasteiger partial charge in [-0.05, 0) is 47.5 Å². The van der Waals surface area contributed by atoms with Gasteiger partial charge in [-0.3, -0.25) is 0 Å². The van der Waals surface area contributed by atoms with E-state index in [1.807, 2.05) is 115 Å². The van der Waals surface area contributed by atoms with Crippen LogP contribution < -0.4 is 0 Å². The molecular weight excluding hydrogens is 685 g/mol. The normalized spacial score (nSPS) is 13.1. The minimum atomic E-state index is -0.376. The Morgan fingerprint density at radius 2 is 1.05 bits per heavy atom. The van der Waals surface area contributed by atoms with E-state index in [0.29, 0.717) is 34.3 Å². The number of furan rings is 1. The van der Waals surface area contributed by atoms with E-state index in [0.717, 1.165) is 44.1 Å². The number of aromatic nitrogens is 4. The van der Waals surface area contributed by atoms with Gasteiger partial charge in [0.25, 0.3) is 0 Å². The van der Waals surface area contributed by atoms with Gasteiger partial charge >= 0.3 is 0 Å². The third kappa shape index (κ3) is 5.21. The predicted octanol–water partition coefficient (Wildman–Crippen LogP) is 13.2. The Kier molecular flexibility index (Phi) is 6.10. The van der Waals surface area contributed by atoms with E-state index in [9.17, 15) is 2.74 Å². The molecule has 0 spiro atoms. The Morgan fingerprint density at radius 3 is 1.79 bits per heavy atom. The monoisotopic (exact) mass is 722 g/mol. The van der Waals surface area contributed by atoms with Crippen LogP contribution in [0.2, 0.25) is 0 Å². The molecule has 11 rings (SSSR count). The summed E-state index contributed by atoms with van der Waals surface area (Å²) >= 11 is 0. The molecule has 0 atom stereocenters. The number of para-hydroxylation sites is 3. The standard InChI is InChI=1S/C51H32N4O/c1-4-16-33(17-5-1)37-24-15-28-45-47(37)41-23-10-12-27-43(41)55(45)44-31-30-36(32-42(44)40-26-14-25-39-38-22-11-13-29-46(38)56-48(39)40)51-53-49(34-18-6-2-7-19-34)52-50(54-51)35-20-8-3-9-21-35/h1-32H/i11D,14D,22D,25D,26D,29D. The van der Waals surface area contributed by atoms with Crippen LogP contribution in [0.3, 0.4) is 0 Å². The molecule has 0 aliphatic carbocycles. The molecule has 0 aliphatic heterocycles. The molecular formula is C51H32N4O. The zero-order chi connectivity index (χ0) is 42.2. The maximum atomic E-state index is 9.59. The van der Waals surface area contributed by atoms with Crippen molar-refractivity contribution >= 4 is 43.7 Å². The molecule has 3 heterocycles. The summed E-state index contributed by atoms with van der Waals surface area (Å²) in [5.74, 6) is 1.32. The average molecular weight is 723 g/mol. The molecule has 8 aromatic carbocycles. The van der Waals surface area contributed by atoms with Crippen molar-refractivity contribution in [3.63, 3.8) is 0 Å². The molecule has 0 saturated heterocycles. The summed E-state index contributed by atoms with van der Waals surface area (Å²) in [6.07, 6.45) is 0. The third-order valence-electron chi connectivity index (χ3n) is 10.2. The molecule has 0 radical (unpaired) electrons. The van der Waals surface area contributed by atoms with Crippen molar-refractivity contribution in [2.24, 2.45) is 0 Å². The smallest absolute Gasteiger partial charge is 0.164 e. The molecule has 0 N–H and O–H groups in total. The van der Waals surface area contributed by atoms with Crippen molar-refractivity contribution in [1.29, 1.82) is 0 Å². The van der Waals surface area contributed by atoms with Crippen LogP contribution >= 0.6 is 0 Å². The van der Waals surface area contributed by atoms with E-state index in [2.05, 4.69) is 41.0 Å². The van der Waals surface area contributed by atoms with Crippen LogP contribution in [0.1, 0.15) is 8.22 Å². The van der Waals surface area contributed by atoms with Gasteiger partial charge < -0.3 is 8.98 Å². The number of benzene rings is 8. The van der Waals surface area contributed by atoms with E-state index < -0.39 is 0 Å². The molecule has 5 nitrogen and oxygen atoms in total. The SMILES string of the molecule is [2H]c1cc([2H])c2oc3c(-c4cc(-c5nc(-c6ccccc6)nc(-c6ccccc6)n5)ccc4-n4c5ccccc5c5c(-c6ccccc6)cccc54)c([2H])c([2H])c([2H])c3c2c1[2H]. The van der Waals surface area contributed by atoms with E-state index in [1.165, 1.54) is 6.07 Å². The molecule has 11 aromatic rings. The van der Waals surface area contributed by atoms with Gasteiger partial charge in [-0.25, -0.2) is 15.0 Å². The molecule has 0 amide bonds. The number of hydrogen-bond acceptors (Lipinski definition) is 4. The Bertz CT molecular complexity index is 3530. The minimum Gasteiger partial charge on any atom is -0.455 e. The van der Waals surface area contributed by atoms with Crippen LogP contribution in [0.4, 0.5) is 0 Å². The van der Waals surface area contributed by atoms with Gasteiger partial charge in [0.1, 0.15) is 11.2 Å². The Labute approximate surface area is 331 Å². The lowest BCUT2D eigenvalue weighted by molar-refractivity contribution is 0.670. The van der Waals surface area contributed by atoms with Crippen molar-refractivity contribution < 1.29 is 12.6 Å². The highest BCUT2D eigenvalue weighted by Crippen LogP contribution is 2.44. The van der Waals surface area contributed by atoms with Crippen molar-refractivity contribution in [2.75, 3.05) is 0 Å². The zero-order valence-corrected chi connectivity index (χ0v) is 29.7. The third-order valence-corrected chi connectivity index (χ3v) is 10.2. The van der Waals surface area contributed by atoms with Gasteiger partial charge in [0.2, 0.25) is 0 Å². The summed E-state index contributed by atoms with van der Waals surface area (Å²) in [4.78, 5) is 14.9. The van der Waals surface area contributed by atoms with Crippen LogP contribution in [0.5, 0.6) is 0 Å². The van der Waals surface area contributed by atoms with E-state index in [-0.39, 0.29) is 63.8 Å². The summed E-state index contributed by atoms with van der Waals surface area (Å²) in [5.41, 5.74) is 7.52. The zero-order valence-electron chi connectivity index (χ0n) is 35.7. The highest BCUT2D eigenvalue weighted by Gasteiger charge is 2.22. The topological polar surface area (TPSA) is 56.7 Å². The average Bonchev–Trinajstić information content (AvgIpc) is 3.88. The Morgan fingerprint density at radius 1 is 0.429 bits per heavy atom. The lowest BCUT2D eigenvalue weighted by Gasteiger charge is -2.16. The lowest BCUT2D eigenvalue weighted by Crippen LogP contribution is -2.02. The fourth-order valence-electron chi connectivity index (χ4n) is 7.71. The Balaban J connectivity index is 1.27. The first kappa shape index (κ1) is 26.2. The number of nitrogens with zero attached hydrogens (tertiary/aromatic N) is 4. The summed E-state index contributed by atoms with van der Waals surface area (Å²) < 4.78 is 62.7. The van der Waals surface area contributed by atoms with Crippen molar-refractivity contribution in [3.8, 4) is 62.1 Å². The molecule has 0 bridgehead atoms. The van der Waals surface area contributed by atoms with Crippen molar-refractivity contribution in [1.82, 2.24) is 19.5 Å². The van der Waals surface area contributed by atoms with Crippen molar-refractivity contribution in [2.45, 2.75) is 0 Å². The summed E-state index contributed by atoms with van der Waals surface area (Å²) in [7, 11) is 0. The second-order valence-electron chi connectivity index (χ2n) is 13.5. The van der Waals surface area contributed by atoms with E-state index >= 15 is 0 Å². The maximum absolute atomic E-state index is 9.59. The highest BCUT2D eigenvalue weighted by molar-refractivity contribution is 6.16. The van der Waals surface area contributed by atoms with Gasteiger partial charge in [0, 0.05) is 49.4 Å². The quantitative estimate of drug-likeness (QED) is 0.171. The summed E-state index contributed by atoms with van der Waals surface area (Å²) in [5, 5.41) is 2.24. The van der Waals surface area contributed by atoms with Gasteiger partial charge in [-0.2, -0.15) is 0 Å². The first-order valence-electron chi connectivity index (χ1n) is 21.3. The molecule has 0 saturated carbocycles. The van der Waals surface area contributed by atoms with Crippen LogP contribution in [0.15, 0.2) is 198 Å². The molecule has 56 heavy (non-hydrogen) atoms. The first-order chi connectivity index (χ1) is 30.3. The van der Waals surface area contributed by atoms with Gasteiger partial charge in [0.15, 0.2) is 17.5 Å². The lowest BCUT2D eigenvalue weighted by atomic mass is 9.97. The summed E-state index contributed by atoms with van der Waals surface area (Å²) in [6, 6.07) is 49.5. The van der Waals surface area contributed by atoms with Crippen molar-refractivity contribution in [3.05, 3.63) is 194 Å². The minimum absolute atomic E-state index is 0.0142. The van der Waals surface area contributed by atoms with E-state index in [4.69, 9.17) is 24.9 Å². The number of rotatable bonds is 6. The van der Waals surface area contributed by atoms with Gasteiger partial charge in [-0.1, -0.05) is 158 Å². The second-order valence-corrected chi connectivity index (χ2v) is 13.5. The Hall–Kier alpha value is -7.63. The fourth-order valence-corrected chi connectivity index (χ4v) is 7.71. The second kappa shape index (κ2) is 13.0. The van der Waals surface area contributed by atoms with Gasteiger partial charge in [-0.15, -0.1) is 0 Å². The van der Waals surface area contributed by atoms with Crippen LogP contribution in [-0.4, -0.2) is 19.5 Å². The van der Waals surface area contributed by atoms with Gasteiger partial charge in [0.05, 0.1) is 24.9 Å². The van der Waals surface area contributed by atoms with E-state index in [1.54, 1.807) is 0 Å². The molecule has 262 valence electrons. The number of fused-ring (bicyclic) bond motifs is 6. The molecule has 0 fully saturated rings. The highest BCUT2D eigenvalue weighted by atomic mass is 16.3. The fraction of sp³-hybridized carbons (Fsp3) is 0. The summed E-state index contributed by atoms with van der Waals surface area (Å²) in [6.45, 7) is 0.